The average Bonchev–Trinajstić information content (AvgIpc) is 2.51. The maximum atomic E-state index is 12.2. The summed E-state index contributed by atoms with van der Waals surface area (Å²) in [7, 11) is 0. The van der Waals surface area contributed by atoms with Crippen molar-refractivity contribution in [2.75, 3.05) is 0 Å². The minimum atomic E-state index is 0.124. The molecule has 1 aliphatic rings. The number of thiophene rings is 1. The molecule has 0 saturated heterocycles. The molecule has 1 saturated carbocycles. The summed E-state index contributed by atoms with van der Waals surface area (Å²) >= 11 is 1.70. The van der Waals surface area contributed by atoms with Crippen LogP contribution in [0, 0.1) is 13.8 Å². The van der Waals surface area contributed by atoms with Gasteiger partial charge in [-0.1, -0.05) is 25.7 Å². The van der Waals surface area contributed by atoms with Crippen molar-refractivity contribution >= 4 is 17.2 Å². The lowest BCUT2D eigenvalue weighted by atomic mass is 10.1. The number of hydrogen-bond donors (Lipinski definition) is 1. The van der Waals surface area contributed by atoms with Gasteiger partial charge in [0.05, 0.1) is 5.56 Å². The molecule has 1 aromatic rings. The highest BCUT2D eigenvalue weighted by Crippen LogP contribution is 2.22. The fourth-order valence-electron chi connectivity index (χ4n) is 2.54. The Morgan fingerprint density at radius 1 is 1.24 bits per heavy atom. The third kappa shape index (κ3) is 3.32. The molecule has 1 aliphatic carbocycles. The topological polar surface area (TPSA) is 29.1 Å². The molecule has 0 bridgehead atoms. The minimum absolute atomic E-state index is 0.124. The Labute approximate surface area is 107 Å². The Balaban J connectivity index is 1.98. The summed E-state index contributed by atoms with van der Waals surface area (Å²) in [5.41, 5.74) is 0.872. The number of carbonyl (C=O) groups is 1. The van der Waals surface area contributed by atoms with Gasteiger partial charge in [0.15, 0.2) is 0 Å². The van der Waals surface area contributed by atoms with Crippen LogP contribution >= 0.6 is 11.3 Å². The van der Waals surface area contributed by atoms with Crippen molar-refractivity contribution in [3.05, 3.63) is 21.4 Å². The van der Waals surface area contributed by atoms with E-state index in [0.29, 0.717) is 6.04 Å². The van der Waals surface area contributed by atoms with Gasteiger partial charge in [-0.2, -0.15) is 0 Å². The van der Waals surface area contributed by atoms with E-state index in [1.54, 1.807) is 11.3 Å². The Bertz CT molecular complexity index is 389. The van der Waals surface area contributed by atoms with E-state index >= 15 is 0 Å². The highest BCUT2D eigenvalue weighted by Gasteiger charge is 2.17. The van der Waals surface area contributed by atoms with Gasteiger partial charge in [-0.25, -0.2) is 0 Å². The van der Waals surface area contributed by atoms with Crippen LogP contribution in [0.4, 0.5) is 0 Å². The second-order valence-electron chi connectivity index (χ2n) is 4.99. The van der Waals surface area contributed by atoms with Crippen molar-refractivity contribution in [3.8, 4) is 0 Å². The molecular weight excluding hydrogens is 230 g/mol. The van der Waals surface area contributed by atoms with Gasteiger partial charge < -0.3 is 5.32 Å². The van der Waals surface area contributed by atoms with Crippen LogP contribution in [0.1, 0.15) is 58.6 Å². The smallest absolute Gasteiger partial charge is 0.252 e. The number of rotatable bonds is 2. The van der Waals surface area contributed by atoms with Crippen LogP contribution in [0.5, 0.6) is 0 Å². The third-order valence-corrected chi connectivity index (χ3v) is 4.44. The van der Waals surface area contributed by atoms with Crippen LogP contribution in [-0.4, -0.2) is 11.9 Å². The first-order valence-electron chi connectivity index (χ1n) is 6.54. The van der Waals surface area contributed by atoms with Crippen LogP contribution in [0.3, 0.4) is 0 Å². The molecule has 0 aromatic carbocycles. The summed E-state index contributed by atoms with van der Waals surface area (Å²) in [5, 5.41) is 3.20. The first-order valence-corrected chi connectivity index (χ1v) is 7.36. The van der Waals surface area contributed by atoms with Crippen LogP contribution in [0.15, 0.2) is 6.07 Å². The van der Waals surface area contributed by atoms with Gasteiger partial charge in [0.1, 0.15) is 0 Å². The average molecular weight is 251 g/mol. The van der Waals surface area contributed by atoms with E-state index in [2.05, 4.69) is 12.2 Å². The molecule has 1 aromatic heterocycles. The normalized spacial score (nSPS) is 17.8. The van der Waals surface area contributed by atoms with Crippen molar-refractivity contribution in [1.29, 1.82) is 0 Å². The van der Waals surface area contributed by atoms with Gasteiger partial charge in [-0.3, -0.25) is 4.79 Å². The lowest BCUT2D eigenvalue weighted by Crippen LogP contribution is -2.34. The summed E-state index contributed by atoms with van der Waals surface area (Å²) in [4.78, 5) is 14.5. The number of hydrogen-bond acceptors (Lipinski definition) is 2. The fourth-order valence-corrected chi connectivity index (χ4v) is 3.46. The van der Waals surface area contributed by atoms with Crippen LogP contribution in [0.2, 0.25) is 0 Å². The van der Waals surface area contributed by atoms with E-state index in [4.69, 9.17) is 0 Å². The zero-order valence-electron chi connectivity index (χ0n) is 10.7. The van der Waals surface area contributed by atoms with E-state index in [-0.39, 0.29) is 5.91 Å². The largest absolute Gasteiger partial charge is 0.349 e. The predicted octanol–water partition coefficient (Wildman–Crippen LogP) is 3.82. The second-order valence-corrected chi connectivity index (χ2v) is 6.45. The van der Waals surface area contributed by atoms with Gasteiger partial charge in [-0.15, -0.1) is 11.3 Å². The second kappa shape index (κ2) is 5.67. The molecule has 2 nitrogen and oxygen atoms in total. The molecule has 0 radical (unpaired) electrons. The van der Waals surface area contributed by atoms with E-state index in [1.807, 2.05) is 13.0 Å². The molecule has 2 rings (SSSR count). The predicted molar refractivity (Wildman–Crippen MR) is 72.7 cm³/mol. The maximum absolute atomic E-state index is 12.2. The van der Waals surface area contributed by atoms with Crippen LogP contribution in [-0.2, 0) is 0 Å². The Kier molecular flexibility index (Phi) is 4.21. The molecule has 3 heteroatoms. The number of amides is 1. The molecule has 0 aliphatic heterocycles. The van der Waals surface area contributed by atoms with Crippen molar-refractivity contribution in [1.82, 2.24) is 5.32 Å². The van der Waals surface area contributed by atoms with E-state index in [1.165, 1.54) is 30.6 Å². The molecule has 94 valence electrons. The summed E-state index contributed by atoms with van der Waals surface area (Å²) in [6, 6.07) is 2.40. The third-order valence-electron chi connectivity index (χ3n) is 3.48. The monoisotopic (exact) mass is 251 g/mol. The van der Waals surface area contributed by atoms with E-state index < -0.39 is 0 Å². The van der Waals surface area contributed by atoms with E-state index in [0.717, 1.165) is 23.3 Å². The molecule has 1 N–H and O–H groups in total. The maximum Gasteiger partial charge on any atom is 0.252 e. The number of carbonyl (C=O) groups excluding carboxylic acids is 1. The van der Waals surface area contributed by atoms with Gasteiger partial charge >= 0.3 is 0 Å². The van der Waals surface area contributed by atoms with Crippen LogP contribution in [0.25, 0.3) is 0 Å². The highest BCUT2D eigenvalue weighted by molar-refractivity contribution is 7.12. The quantitative estimate of drug-likeness (QED) is 0.795. The van der Waals surface area contributed by atoms with Crippen molar-refractivity contribution in [2.45, 2.75) is 58.4 Å². The van der Waals surface area contributed by atoms with E-state index in [9.17, 15) is 4.79 Å². The van der Waals surface area contributed by atoms with Gasteiger partial charge in [-0.05, 0) is 32.8 Å². The lowest BCUT2D eigenvalue weighted by Gasteiger charge is -2.15. The summed E-state index contributed by atoms with van der Waals surface area (Å²) in [6.45, 7) is 4.08. The van der Waals surface area contributed by atoms with Gasteiger partial charge in [0.2, 0.25) is 0 Å². The standard InChI is InChI=1S/C14H21NOS/c1-10-9-13(11(2)17-10)14(16)15-12-7-5-3-4-6-8-12/h9,12H,3-8H2,1-2H3,(H,15,16). The molecule has 1 fully saturated rings. The Morgan fingerprint density at radius 3 is 2.41 bits per heavy atom. The van der Waals surface area contributed by atoms with Gasteiger partial charge in [0, 0.05) is 15.8 Å². The number of aryl methyl sites for hydroxylation is 2. The molecular formula is C14H21NOS. The first kappa shape index (κ1) is 12.6. The lowest BCUT2D eigenvalue weighted by molar-refractivity contribution is 0.0933. The summed E-state index contributed by atoms with van der Waals surface area (Å²) in [6.07, 6.45) is 7.45. The molecule has 17 heavy (non-hydrogen) atoms. The molecule has 0 unspecified atom stereocenters. The van der Waals surface area contributed by atoms with Crippen molar-refractivity contribution < 1.29 is 4.79 Å². The Hall–Kier alpha value is -0.830. The van der Waals surface area contributed by atoms with Crippen LogP contribution < -0.4 is 5.32 Å². The zero-order valence-corrected chi connectivity index (χ0v) is 11.5. The SMILES string of the molecule is Cc1cc(C(=O)NC2CCCCCC2)c(C)s1. The molecule has 0 atom stereocenters. The summed E-state index contributed by atoms with van der Waals surface area (Å²) < 4.78 is 0. The molecule has 1 heterocycles. The fraction of sp³-hybridized carbons (Fsp3) is 0.643. The first-order chi connectivity index (χ1) is 8.16. The molecule has 1 amide bonds. The summed E-state index contributed by atoms with van der Waals surface area (Å²) in [5.74, 6) is 0.124. The number of nitrogens with one attached hydrogen (secondary N) is 1. The molecule has 0 spiro atoms. The minimum Gasteiger partial charge on any atom is -0.349 e. The van der Waals surface area contributed by atoms with Crippen molar-refractivity contribution in [3.63, 3.8) is 0 Å². The highest BCUT2D eigenvalue weighted by atomic mass is 32.1. The Morgan fingerprint density at radius 2 is 1.88 bits per heavy atom. The zero-order chi connectivity index (χ0) is 12.3. The van der Waals surface area contributed by atoms with Crippen molar-refractivity contribution in [2.24, 2.45) is 0 Å². The van der Waals surface area contributed by atoms with Gasteiger partial charge in [0.25, 0.3) is 5.91 Å².